The number of ketones is 1. The molecule has 6 heteroatoms. The molecular weight excluding hydrogens is 272 g/mol. The topological polar surface area (TPSA) is 77.5 Å². The first kappa shape index (κ1) is 16.7. The van der Waals surface area contributed by atoms with Crippen LogP contribution in [0.3, 0.4) is 0 Å². The van der Waals surface area contributed by atoms with Crippen molar-refractivity contribution in [2.75, 3.05) is 19.0 Å². The van der Waals surface area contributed by atoms with E-state index in [-0.39, 0.29) is 23.9 Å². The van der Waals surface area contributed by atoms with E-state index in [0.717, 1.165) is 0 Å². The van der Waals surface area contributed by atoms with Crippen molar-refractivity contribution in [3.63, 3.8) is 0 Å². The number of carbonyl (C=O) groups is 2. The van der Waals surface area contributed by atoms with E-state index in [0.29, 0.717) is 11.6 Å². The molecule has 0 aliphatic heterocycles. The summed E-state index contributed by atoms with van der Waals surface area (Å²) in [6.07, 6.45) is 2.89. The summed E-state index contributed by atoms with van der Waals surface area (Å²) in [6, 6.07) is 3.40. The third-order valence-corrected chi connectivity index (χ3v) is 2.61. The maximum atomic E-state index is 12.0. The van der Waals surface area contributed by atoms with Crippen LogP contribution < -0.4 is 10.1 Å². The van der Waals surface area contributed by atoms with Gasteiger partial charge in [-0.2, -0.15) is 0 Å². The van der Waals surface area contributed by atoms with E-state index in [1.807, 2.05) is 0 Å². The van der Waals surface area contributed by atoms with Crippen LogP contribution in [0, 0.1) is 5.92 Å². The van der Waals surface area contributed by atoms with Crippen LogP contribution in [0.1, 0.15) is 20.8 Å². The highest BCUT2D eigenvalue weighted by atomic mass is 16.5. The molecule has 0 saturated heterocycles. The van der Waals surface area contributed by atoms with Gasteiger partial charge in [0.15, 0.2) is 5.78 Å². The Morgan fingerprint density at radius 2 is 2.10 bits per heavy atom. The van der Waals surface area contributed by atoms with E-state index in [1.54, 1.807) is 32.9 Å². The van der Waals surface area contributed by atoms with Gasteiger partial charge in [-0.25, -0.2) is 9.78 Å². The maximum absolute atomic E-state index is 12.0. The average Bonchev–Trinajstić information content (AvgIpc) is 2.48. The summed E-state index contributed by atoms with van der Waals surface area (Å²) in [5.74, 6) is -0.725. The van der Waals surface area contributed by atoms with E-state index < -0.39 is 5.97 Å². The molecular formula is C15H20N2O4. The molecule has 0 bridgehead atoms. The van der Waals surface area contributed by atoms with Crippen molar-refractivity contribution in [2.24, 2.45) is 5.92 Å². The molecule has 1 aromatic rings. The monoisotopic (exact) mass is 292 g/mol. The van der Waals surface area contributed by atoms with Gasteiger partial charge in [0.25, 0.3) is 0 Å². The number of hydrogen-bond acceptors (Lipinski definition) is 6. The van der Waals surface area contributed by atoms with Gasteiger partial charge in [0.2, 0.25) is 5.88 Å². The molecule has 0 aliphatic rings. The summed E-state index contributed by atoms with van der Waals surface area (Å²) in [6.45, 7) is 5.36. The lowest BCUT2D eigenvalue weighted by atomic mass is 10.0. The standard InChI is InChI=1S/C15H20N2O4/c1-5-21-15(19)12(14(18)10(2)3)9-16-11-6-7-13(20-4)17-8-11/h6-10,16H,5H2,1-4H3/b12-9-. The van der Waals surface area contributed by atoms with Crippen LogP contribution in [0.25, 0.3) is 0 Å². The molecule has 0 fully saturated rings. The number of pyridine rings is 1. The number of esters is 1. The number of anilines is 1. The first-order valence-corrected chi connectivity index (χ1v) is 6.67. The third kappa shape index (κ3) is 4.91. The van der Waals surface area contributed by atoms with Crippen molar-refractivity contribution in [3.05, 3.63) is 30.1 Å². The Bertz CT molecular complexity index is 521. The van der Waals surface area contributed by atoms with Crippen LogP contribution in [0.4, 0.5) is 5.69 Å². The number of Topliss-reactive ketones (excluding diaryl/α,β-unsaturated/α-hetero) is 1. The summed E-state index contributed by atoms with van der Waals surface area (Å²) in [5.41, 5.74) is 0.622. The molecule has 21 heavy (non-hydrogen) atoms. The van der Waals surface area contributed by atoms with Crippen LogP contribution >= 0.6 is 0 Å². The molecule has 114 valence electrons. The first-order chi connectivity index (χ1) is 9.99. The quantitative estimate of drug-likeness (QED) is 0.359. The zero-order chi connectivity index (χ0) is 15.8. The summed E-state index contributed by atoms with van der Waals surface area (Å²) in [7, 11) is 1.52. The largest absolute Gasteiger partial charge is 0.481 e. The Hall–Kier alpha value is -2.37. The van der Waals surface area contributed by atoms with Crippen LogP contribution in [-0.4, -0.2) is 30.5 Å². The highest BCUT2D eigenvalue weighted by Crippen LogP contribution is 2.13. The SMILES string of the molecule is CCOC(=O)/C(=C\Nc1ccc(OC)nc1)C(=O)C(C)C. The zero-order valence-electron chi connectivity index (χ0n) is 12.7. The van der Waals surface area contributed by atoms with Crippen LogP contribution in [0.15, 0.2) is 30.1 Å². The van der Waals surface area contributed by atoms with Crippen molar-refractivity contribution in [1.82, 2.24) is 4.98 Å². The van der Waals surface area contributed by atoms with Gasteiger partial charge in [0.05, 0.1) is 25.6 Å². The second-order valence-corrected chi connectivity index (χ2v) is 4.53. The number of hydrogen-bond donors (Lipinski definition) is 1. The van der Waals surface area contributed by atoms with Gasteiger partial charge in [0, 0.05) is 18.2 Å². The maximum Gasteiger partial charge on any atom is 0.343 e. The first-order valence-electron chi connectivity index (χ1n) is 6.67. The molecule has 1 rings (SSSR count). The highest BCUT2D eigenvalue weighted by Gasteiger charge is 2.22. The molecule has 6 nitrogen and oxygen atoms in total. The van der Waals surface area contributed by atoms with E-state index in [2.05, 4.69) is 10.3 Å². The molecule has 0 aliphatic carbocycles. The van der Waals surface area contributed by atoms with E-state index in [9.17, 15) is 9.59 Å². The minimum atomic E-state index is -0.634. The summed E-state index contributed by atoms with van der Waals surface area (Å²) < 4.78 is 9.85. The lowest BCUT2D eigenvalue weighted by Crippen LogP contribution is -2.21. The minimum Gasteiger partial charge on any atom is -0.481 e. The predicted molar refractivity (Wildman–Crippen MR) is 79.0 cm³/mol. The number of carbonyl (C=O) groups excluding carboxylic acids is 2. The third-order valence-electron chi connectivity index (χ3n) is 2.61. The molecule has 0 saturated carbocycles. The summed E-state index contributed by atoms with van der Waals surface area (Å²) in [5, 5.41) is 2.87. The van der Waals surface area contributed by atoms with E-state index in [1.165, 1.54) is 19.5 Å². The highest BCUT2D eigenvalue weighted by molar-refractivity contribution is 6.18. The number of methoxy groups -OCH3 is 1. The Labute approximate surface area is 124 Å². The average molecular weight is 292 g/mol. The van der Waals surface area contributed by atoms with Gasteiger partial charge in [-0.15, -0.1) is 0 Å². The van der Waals surface area contributed by atoms with Crippen molar-refractivity contribution in [2.45, 2.75) is 20.8 Å². The normalized spacial score (nSPS) is 11.2. The van der Waals surface area contributed by atoms with E-state index >= 15 is 0 Å². The van der Waals surface area contributed by atoms with Crippen molar-refractivity contribution in [3.8, 4) is 5.88 Å². The zero-order valence-corrected chi connectivity index (χ0v) is 12.7. The molecule has 0 spiro atoms. The Kier molecular flexibility index (Phi) is 6.39. The second-order valence-electron chi connectivity index (χ2n) is 4.53. The number of nitrogens with zero attached hydrogens (tertiary/aromatic N) is 1. The molecule has 0 unspecified atom stereocenters. The smallest absolute Gasteiger partial charge is 0.343 e. The van der Waals surface area contributed by atoms with E-state index in [4.69, 9.17) is 9.47 Å². The van der Waals surface area contributed by atoms with Gasteiger partial charge in [-0.05, 0) is 13.0 Å². The number of nitrogens with one attached hydrogen (secondary N) is 1. The van der Waals surface area contributed by atoms with Crippen LogP contribution in [0.5, 0.6) is 5.88 Å². The Morgan fingerprint density at radius 3 is 2.57 bits per heavy atom. The Morgan fingerprint density at radius 1 is 1.38 bits per heavy atom. The van der Waals surface area contributed by atoms with Gasteiger partial charge < -0.3 is 14.8 Å². The van der Waals surface area contributed by atoms with Gasteiger partial charge in [-0.3, -0.25) is 4.79 Å². The van der Waals surface area contributed by atoms with Crippen molar-refractivity contribution < 1.29 is 19.1 Å². The molecule has 0 atom stereocenters. The summed E-state index contributed by atoms with van der Waals surface area (Å²) >= 11 is 0. The van der Waals surface area contributed by atoms with Gasteiger partial charge >= 0.3 is 5.97 Å². The van der Waals surface area contributed by atoms with Gasteiger partial charge in [-0.1, -0.05) is 13.8 Å². The molecule has 0 radical (unpaired) electrons. The molecule has 0 aromatic carbocycles. The van der Waals surface area contributed by atoms with Crippen LogP contribution in [-0.2, 0) is 14.3 Å². The number of ether oxygens (including phenoxy) is 2. The molecule has 1 N–H and O–H groups in total. The minimum absolute atomic E-state index is 0.0114. The predicted octanol–water partition coefficient (Wildman–Crippen LogP) is 2.17. The van der Waals surface area contributed by atoms with Gasteiger partial charge in [0.1, 0.15) is 5.57 Å². The molecule has 0 amide bonds. The summed E-state index contributed by atoms with van der Waals surface area (Å²) in [4.78, 5) is 27.9. The second kappa shape index (κ2) is 8.04. The number of rotatable bonds is 7. The number of aromatic nitrogens is 1. The fourth-order valence-electron chi connectivity index (χ4n) is 1.49. The van der Waals surface area contributed by atoms with Crippen molar-refractivity contribution in [1.29, 1.82) is 0 Å². The Balaban J connectivity index is 2.91. The van der Waals surface area contributed by atoms with Crippen molar-refractivity contribution >= 4 is 17.4 Å². The molecule has 1 heterocycles. The fraction of sp³-hybridized carbons (Fsp3) is 0.400. The lowest BCUT2D eigenvalue weighted by molar-refractivity contribution is -0.140. The molecule has 1 aromatic heterocycles. The lowest BCUT2D eigenvalue weighted by Gasteiger charge is -2.09. The fourth-order valence-corrected chi connectivity index (χ4v) is 1.49. The van der Waals surface area contributed by atoms with Crippen LogP contribution in [0.2, 0.25) is 0 Å².